The molecule has 1 unspecified atom stereocenters. The van der Waals surface area contributed by atoms with Crippen LogP contribution in [0.25, 0.3) is 0 Å². The van der Waals surface area contributed by atoms with E-state index in [0.29, 0.717) is 11.3 Å². The minimum absolute atomic E-state index is 0.226. The summed E-state index contributed by atoms with van der Waals surface area (Å²) in [6, 6.07) is 4.66. The van der Waals surface area contributed by atoms with Gasteiger partial charge < -0.3 is 10.1 Å². The summed E-state index contributed by atoms with van der Waals surface area (Å²) in [6.45, 7) is 4.59. The van der Waals surface area contributed by atoms with Gasteiger partial charge in [-0.2, -0.15) is 0 Å². The van der Waals surface area contributed by atoms with Crippen LogP contribution in [0.5, 0.6) is 5.75 Å². The number of aromatic nitrogens is 2. The minimum atomic E-state index is -0.293. The lowest BCUT2D eigenvalue weighted by Crippen LogP contribution is -2.22. The molecule has 0 bridgehead atoms. The highest BCUT2D eigenvalue weighted by Crippen LogP contribution is 2.30. The first-order valence-corrected chi connectivity index (χ1v) is 6.80. The molecule has 0 amide bonds. The number of nitrogens with one attached hydrogen (secondary N) is 1. The summed E-state index contributed by atoms with van der Waals surface area (Å²) in [5.41, 5.74) is 1.41. The van der Waals surface area contributed by atoms with E-state index in [1.807, 2.05) is 13.8 Å². The Labute approximate surface area is 115 Å². The Morgan fingerprint density at radius 3 is 2.79 bits per heavy atom. The van der Waals surface area contributed by atoms with Gasteiger partial charge in [-0.25, -0.2) is 4.39 Å². The van der Waals surface area contributed by atoms with E-state index in [0.717, 1.165) is 17.1 Å². The van der Waals surface area contributed by atoms with Crippen molar-refractivity contribution in [1.29, 1.82) is 0 Å². The molecule has 2 aromatic rings. The number of benzene rings is 1. The zero-order valence-corrected chi connectivity index (χ0v) is 11.9. The summed E-state index contributed by atoms with van der Waals surface area (Å²) in [7, 11) is 1.52. The fourth-order valence-electron chi connectivity index (χ4n) is 1.92. The van der Waals surface area contributed by atoms with Crippen LogP contribution in [-0.4, -0.2) is 23.2 Å². The van der Waals surface area contributed by atoms with Gasteiger partial charge in [0.1, 0.15) is 11.6 Å². The van der Waals surface area contributed by atoms with Crippen molar-refractivity contribution in [2.45, 2.75) is 19.9 Å². The van der Waals surface area contributed by atoms with Crippen molar-refractivity contribution in [3.8, 4) is 5.75 Å². The number of ether oxygens (including phenoxy) is 1. The summed E-state index contributed by atoms with van der Waals surface area (Å²) in [5, 5.41) is 7.26. The third-order valence-electron chi connectivity index (χ3n) is 2.88. The second-order valence-corrected chi connectivity index (χ2v) is 4.89. The lowest BCUT2D eigenvalue weighted by molar-refractivity contribution is 0.410. The van der Waals surface area contributed by atoms with Crippen LogP contribution in [0.1, 0.15) is 29.1 Å². The molecule has 102 valence electrons. The Kier molecular flexibility index (Phi) is 4.44. The SMILES string of the molecule is CCNC(c1ccc(OC)cc1F)c1snnc1C. The van der Waals surface area contributed by atoms with Crippen molar-refractivity contribution in [3.63, 3.8) is 0 Å². The van der Waals surface area contributed by atoms with E-state index in [-0.39, 0.29) is 11.9 Å². The first-order valence-electron chi connectivity index (χ1n) is 6.03. The average Bonchev–Trinajstić information content (AvgIpc) is 2.82. The summed E-state index contributed by atoms with van der Waals surface area (Å²) < 4.78 is 23.1. The summed E-state index contributed by atoms with van der Waals surface area (Å²) >= 11 is 1.29. The first-order chi connectivity index (χ1) is 9.17. The van der Waals surface area contributed by atoms with Crippen LogP contribution in [0.15, 0.2) is 18.2 Å². The minimum Gasteiger partial charge on any atom is -0.497 e. The van der Waals surface area contributed by atoms with Gasteiger partial charge in [-0.3, -0.25) is 0 Å². The van der Waals surface area contributed by atoms with Crippen LogP contribution < -0.4 is 10.1 Å². The van der Waals surface area contributed by atoms with Crippen LogP contribution in [0, 0.1) is 12.7 Å². The molecule has 1 heterocycles. The normalized spacial score (nSPS) is 12.4. The molecule has 0 radical (unpaired) electrons. The van der Waals surface area contributed by atoms with Gasteiger partial charge in [-0.1, -0.05) is 17.5 Å². The number of halogens is 1. The number of aryl methyl sites for hydroxylation is 1. The smallest absolute Gasteiger partial charge is 0.132 e. The Morgan fingerprint density at radius 1 is 1.47 bits per heavy atom. The van der Waals surface area contributed by atoms with Gasteiger partial charge in [0.15, 0.2) is 0 Å². The van der Waals surface area contributed by atoms with E-state index in [1.165, 1.54) is 24.7 Å². The molecule has 4 nitrogen and oxygen atoms in total. The van der Waals surface area contributed by atoms with Crippen LogP contribution >= 0.6 is 11.5 Å². The molecule has 2 rings (SSSR count). The molecule has 0 fully saturated rings. The van der Waals surface area contributed by atoms with Crippen LogP contribution in [0.3, 0.4) is 0 Å². The Morgan fingerprint density at radius 2 is 2.26 bits per heavy atom. The number of nitrogens with zero attached hydrogens (tertiary/aromatic N) is 2. The Bertz CT molecular complexity index is 559. The maximum atomic E-state index is 14.2. The van der Waals surface area contributed by atoms with E-state index < -0.39 is 0 Å². The number of hydrogen-bond acceptors (Lipinski definition) is 5. The molecule has 1 aromatic carbocycles. The van der Waals surface area contributed by atoms with Gasteiger partial charge in [0.25, 0.3) is 0 Å². The maximum absolute atomic E-state index is 14.2. The summed E-state index contributed by atoms with van der Waals surface area (Å²) in [6.07, 6.45) is 0. The highest BCUT2D eigenvalue weighted by atomic mass is 32.1. The number of rotatable bonds is 5. The van der Waals surface area contributed by atoms with Gasteiger partial charge in [-0.05, 0) is 31.1 Å². The predicted molar refractivity (Wildman–Crippen MR) is 73.1 cm³/mol. The zero-order valence-electron chi connectivity index (χ0n) is 11.1. The third-order valence-corrected chi connectivity index (χ3v) is 3.77. The van der Waals surface area contributed by atoms with Crippen molar-refractivity contribution in [1.82, 2.24) is 14.9 Å². The largest absolute Gasteiger partial charge is 0.497 e. The van der Waals surface area contributed by atoms with Crippen molar-refractivity contribution >= 4 is 11.5 Å². The molecule has 1 atom stereocenters. The van der Waals surface area contributed by atoms with E-state index >= 15 is 0 Å². The van der Waals surface area contributed by atoms with Crippen molar-refractivity contribution in [2.75, 3.05) is 13.7 Å². The maximum Gasteiger partial charge on any atom is 0.132 e. The second-order valence-electron chi connectivity index (χ2n) is 4.10. The molecule has 19 heavy (non-hydrogen) atoms. The molecule has 0 saturated heterocycles. The van der Waals surface area contributed by atoms with Crippen LogP contribution in [0.4, 0.5) is 4.39 Å². The Hall–Kier alpha value is -1.53. The van der Waals surface area contributed by atoms with Gasteiger partial charge in [-0.15, -0.1) is 5.10 Å². The summed E-state index contributed by atoms with van der Waals surface area (Å²) in [4.78, 5) is 0.936. The van der Waals surface area contributed by atoms with Gasteiger partial charge in [0.2, 0.25) is 0 Å². The highest BCUT2D eigenvalue weighted by Gasteiger charge is 2.21. The highest BCUT2D eigenvalue weighted by molar-refractivity contribution is 7.05. The zero-order chi connectivity index (χ0) is 13.8. The molecule has 1 N–H and O–H groups in total. The lowest BCUT2D eigenvalue weighted by atomic mass is 10.0. The number of methoxy groups -OCH3 is 1. The average molecular weight is 281 g/mol. The molecule has 0 saturated carbocycles. The third kappa shape index (κ3) is 2.90. The van der Waals surface area contributed by atoms with Crippen molar-refractivity contribution < 1.29 is 9.13 Å². The van der Waals surface area contributed by atoms with E-state index in [4.69, 9.17) is 4.74 Å². The monoisotopic (exact) mass is 281 g/mol. The van der Waals surface area contributed by atoms with Crippen molar-refractivity contribution in [3.05, 3.63) is 40.2 Å². The molecular weight excluding hydrogens is 265 g/mol. The van der Waals surface area contributed by atoms with E-state index in [1.54, 1.807) is 12.1 Å². The summed E-state index contributed by atoms with van der Waals surface area (Å²) in [5.74, 6) is 0.216. The van der Waals surface area contributed by atoms with Crippen molar-refractivity contribution in [2.24, 2.45) is 0 Å². The molecule has 1 aromatic heterocycles. The molecule has 0 aliphatic carbocycles. The van der Waals surface area contributed by atoms with Gasteiger partial charge in [0, 0.05) is 11.6 Å². The van der Waals surface area contributed by atoms with E-state index in [2.05, 4.69) is 14.9 Å². The predicted octanol–water partition coefficient (Wildman–Crippen LogP) is 2.69. The molecule has 0 spiro atoms. The fourth-order valence-corrected chi connectivity index (χ4v) is 2.66. The topological polar surface area (TPSA) is 47.0 Å². The van der Waals surface area contributed by atoms with Crippen LogP contribution in [-0.2, 0) is 0 Å². The van der Waals surface area contributed by atoms with Crippen LogP contribution in [0.2, 0.25) is 0 Å². The Balaban J connectivity index is 2.42. The molecular formula is C13H16FN3OS. The number of hydrogen-bond donors (Lipinski definition) is 1. The van der Waals surface area contributed by atoms with Gasteiger partial charge >= 0.3 is 0 Å². The quantitative estimate of drug-likeness (QED) is 0.915. The fraction of sp³-hybridized carbons (Fsp3) is 0.385. The van der Waals surface area contributed by atoms with E-state index in [9.17, 15) is 4.39 Å². The second kappa shape index (κ2) is 6.08. The molecule has 0 aliphatic heterocycles. The molecule has 0 aliphatic rings. The first kappa shape index (κ1) is 13.9. The molecule has 6 heteroatoms. The lowest BCUT2D eigenvalue weighted by Gasteiger charge is -2.18. The van der Waals surface area contributed by atoms with Gasteiger partial charge in [0.05, 0.1) is 23.7 Å². The standard InChI is InChI=1S/C13H16FN3OS/c1-4-15-12(13-8(2)16-17-19-13)10-6-5-9(18-3)7-11(10)14/h5-7,12,15H,4H2,1-3H3.